The minimum absolute atomic E-state index is 0.984. The molecular formula is C24H34OS. The molecule has 0 saturated heterocycles. The largest absolute Gasteiger partial charge is 0.467 e. The predicted octanol–water partition coefficient (Wildman–Crippen LogP) is 8.15. The zero-order valence-electron chi connectivity index (χ0n) is 17.6. The van der Waals surface area contributed by atoms with E-state index in [-0.39, 0.29) is 0 Å². The lowest BCUT2D eigenvalue weighted by molar-refractivity contribution is 0.504. The molecule has 2 heterocycles. The second-order valence-corrected chi connectivity index (χ2v) is 7.63. The van der Waals surface area contributed by atoms with E-state index in [0.717, 1.165) is 11.5 Å². The van der Waals surface area contributed by atoms with Gasteiger partial charge in [-0.25, -0.2) is 0 Å². The van der Waals surface area contributed by atoms with Gasteiger partial charge in [0.1, 0.15) is 11.5 Å². The molecule has 0 N–H and O–H groups in total. The van der Waals surface area contributed by atoms with E-state index in [9.17, 15) is 0 Å². The Morgan fingerprint density at radius 1 is 0.577 bits per heavy atom. The van der Waals surface area contributed by atoms with Crippen molar-refractivity contribution in [3.63, 3.8) is 0 Å². The van der Waals surface area contributed by atoms with Crippen molar-refractivity contribution in [1.82, 2.24) is 0 Å². The lowest BCUT2D eigenvalue weighted by Crippen LogP contribution is -1.70. The van der Waals surface area contributed by atoms with Crippen molar-refractivity contribution in [2.45, 2.75) is 55.4 Å². The van der Waals surface area contributed by atoms with Gasteiger partial charge in [0.2, 0.25) is 0 Å². The van der Waals surface area contributed by atoms with Crippen LogP contribution in [0.1, 0.15) is 46.2 Å². The van der Waals surface area contributed by atoms with Gasteiger partial charge < -0.3 is 4.42 Å². The Hall–Kier alpha value is -2.06. The minimum Gasteiger partial charge on any atom is -0.467 e. The molecule has 142 valence electrons. The van der Waals surface area contributed by atoms with Crippen LogP contribution in [0.5, 0.6) is 0 Å². The summed E-state index contributed by atoms with van der Waals surface area (Å²) in [6, 6.07) is 16.7. The summed E-state index contributed by atoms with van der Waals surface area (Å²) in [5.41, 5.74) is 2.66. The highest BCUT2D eigenvalue weighted by Gasteiger charge is 1.86. The first kappa shape index (κ1) is 23.9. The standard InChI is InChI=1S/C8H10.C6H8O.C6H8S.C4H8/c1-7-3-5-8(2)6-4-7;2*1-5-3-4-6(2)7-5;1-3-4-2/h3-6H,1-2H3;2*3-4H,1-2H3;3-4H,1-2H3/b;;;4-3+. The molecule has 0 spiro atoms. The van der Waals surface area contributed by atoms with Gasteiger partial charge in [0, 0.05) is 9.75 Å². The van der Waals surface area contributed by atoms with Crippen molar-refractivity contribution in [1.29, 1.82) is 0 Å². The number of rotatable bonds is 0. The van der Waals surface area contributed by atoms with Crippen molar-refractivity contribution in [3.05, 3.63) is 93.1 Å². The second kappa shape index (κ2) is 14.1. The average Bonchev–Trinajstić information content (AvgIpc) is 3.18. The van der Waals surface area contributed by atoms with Crippen LogP contribution in [0.3, 0.4) is 0 Å². The van der Waals surface area contributed by atoms with Gasteiger partial charge in [0.25, 0.3) is 0 Å². The Balaban J connectivity index is 0.000000329. The van der Waals surface area contributed by atoms with Crippen LogP contribution in [0.15, 0.2) is 65.1 Å². The molecule has 1 nitrogen and oxygen atoms in total. The Morgan fingerprint density at radius 3 is 1.08 bits per heavy atom. The van der Waals surface area contributed by atoms with Crippen LogP contribution < -0.4 is 0 Å². The van der Waals surface area contributed by atoms with Gasteiger partial charge in [0.05, 0.1) is 0 Å². The lowest BCUT2D eigenvalue weighted by atomic mass is 10.2. The Morgan fingerprint density at radius 2 is 0.923 bits per heavy atom. The van der Waals surface area contributed by atoms with Gasteiger partial charge in [-0.1, -0.05) is 47.5 Å². The zero-order chi connectivity index (χ0) is 19.9. The molecule has 0 bridgehead atoms. The van der Waals surface area contributed by atoms with Gasteiger partial charge >= 0.3 is 0 Å². The highest BCUT2D eigenvalue weighted by atomic mass is 32.1. The van der Waals surface area contributed by atoms with Crippen molar-refractivity contribution < 1.29 is 4.42 Å². The van der Waals surface area contributed by atoms with Crippen molar-refractivity contribution in [2.75, 3.05) is 0 Å². The molecule has 0 aliphatic carbocycles. The number of allylic oxidation sites excluding steroid dienone is 2. The normalized spacial score (nSPS) is 9.38. The summed E-state index contributed by atoms with van der Waals surface area (Å²) in [7, 11) is 0. The van der Waals surface area contributed by atoms with Crippen LogP contribution in [-0.4, -0.2) is 0 Å². The fourth-order valence-electron chi connectivity index (χ4n) is 1.75. The van der Waals surface area contributed by atoms with Crippen molar-refractivity contribution >= 4 is 11.3 Å². The van der Waals surface area contributed by atoms with E-state index in [2.05, 4.69) is 64.1 Å². The molecule has 2 heteroatoms. The zero-order valence-corrected chi connectivity index (χ0v) is 18.4. The first-order valence-electron chi connectivity index (χ1n) is 8.95. The smallest absolute Gasteiger partial charge is 0.101 e. The molecule has 2 aromatic heterocycles. The summed E-state index contributed by atoms with van der Waals surface area (Å²) in [5.74, 6) is 1.97. The molecular weight excluding hydrogens is 336 g/mol. The second-order valence-electron chi connectivity index (χ2n) is 6.13. The topological polar surface area (TPSA) is 13.1 Å². The van der Waals surface area contributed by atoms with E-state index >= 15 is 0 Å². The summed E-state index contributed by atoms with van der Waals surface area (Å²) in [4.78, 5) is 2.80. The first-order valence-corrected chi connectivity index (χ1v) is 9.76. The number of aryl methyl sites for hydroxylation is 6. The van der Waals surface area contributed by atoms with Gasteiger partial charge in [-0.05, 0) is 79.7 Å². The third kappa shape index (κ3) is 13.3. The van der Waals surface area contributed by atoms with Crippen LogP contribution in [0.2, 0.25) is 0 Å². The molecule has 26 heavy (non-hydrogen) atoms. The van der Waals surface area contributed by atoms with Crippen LogP contribution >= 0.6 is 11.3 Å². The van der Waals surface area contributed by atoms with E-state index in [1.165, 1.54) is 20.9 Å². The number of hydrogen-bond donors (Lipinski definition) is 0. The SMILES string of the molecule is C/C=C/C.Cc1ccc(C)cc1.Cc1ccc(C)o1.Cc1ccc(C)s1. The van der Waals surface area contributed by atoms with Crippen LogP contribution in [0.25, 0.3) is 0 Å². The number of benzene rings is 1. The van der Waals surface area contributed by atoms with E-state index in [0.29, 0.717) is 0 Å². The van der Waals surface area contributed by atoms with Crippen molar-refractivity contribution in [2.24, 2.45) is 0 Å². The molecule has 0 atom stereocenters. The molecule has 0 saturated carbocycles. The van der Waals surface area contributed by atoms with Gasteiger partial charge in [-0.15, -0.1) is 11.3 Å². The molecule has 0 unspecified atom stereocenters. The van der Waals surface area contributed by atoms with Crippen molar-refractivity contribution in [3.8, 4) is 0 Å². The van der Waals surface area contributed by atoms with E-state index in [1.807, 2.05) is 63.3 Å². The third-order valence-electron chi connectivity index (χ3n) is 3.30. The molecule has 0 fully saturated rings. The Bertz CT molecular complexity index is 633. The molecule has 3 rings (SSSR count). The van der Waals surface area contributed by atoms with Crippen LogP contribution in [0.4, 0.5) is 0 Å². The maximum absolute atomic E-state index is 5.08. The van der Waals surface area contributed by atoms with Gasteiger partial charge in [-0.2, -0.15) is 0 Å². The molecule has 0 amide bonds. The highest BCUT2D eigenvalue weighted by Crippen LogP contribution is 2.12. The van der Waals surface area contributed by atoms with Gasteiger partial charge in [-0.3, -0.25) is 0 Å². The number of hydrogen-bond acceptors (Lipinski definition) is 2. The lowest BCUT2D eigenvalue weighted by Gasteiger charge is -1.90. The molecule has 3 aromatic rings. The maximum Gasteiger partial charge on any atom is 0.101 e. The monoisotopic (exact) mass is 370 g/mol. The predicted molar refractivity (Wildman–Crippen MR) is 118 cm³/mol. The van der Waals surface area contributed by atoms with E-state index in [1.54, 1.807) is 0 Å². The van der Waals surface area contributed by atoms with Gasteiger partial charge in [0.15, 0.2) is 0 Å². The number of thiophene rings is 1. The molecule has 0 aliphatic rings. The summed E-state index contributed by atoms with van der Waals surface area (Å²) in [6.45, 7) is 16.3. The van der Waals surface area contributed by atoms with E-state index in [4.69, 9.17) is 4.42 Å². The fraction of sp³-hybridized carbons (Fsp3) is 0.333. The Labute approximate surface area is 164 Å². The third-order valence-corrected chi connectivity index (χ3v) is 4.22. The summed E-state index contributed by atoms with van der Waals surface area (Å²) in [5, 5.41) is 0. The summed E-state index contributed by atoms with van der Waals surface area (Å²) >= 11 is 1.84. The molecule has 0 aliphatic heterocycles. The molecule has 1 aromatic carbocycles. The molecule has 0 radical (unpaired) electrons. The number of furan rings is 1. The average molecular weight is 371 g/mol. The minimum atomic E-state index is 0.984. The Kier molecular flexibility index (Phi) is 13.0. The first-order chi connectivity index (χ1) is 12.3. The summed E-state index contributed by atoms with van der Waals surface area (Å²) in [6.07, 6.45) is 4.00. The van der Waals surface area contributed by atoms with Crippen LogP contribution in [0, 0.1) is 41.5 Å². The van der Waals surface area contributed by atoms with E-state index < -0.39 is 0 Å². The fourth-order valence-corrected chi connectivity index (χ4v) is 2.53. The summed E-state index contributed by atoms with van der Waals surface area (Å²) < 4.78 is 5.08. The maximum atomic E-state index is 5.08. The quantitative estimate of drug-likeness (QED) is 0.364. The van der Waals surface area contributed by atoms with Crippen LogP contribution in [-0.2, 0) is 0 Å². The highest BCUT2D eigenvalue weighted by molar-refractivity contribution is 7.11.